The highest BCUT2D eigenvalue weighted by Crippen LogP contribution is 2.11. The molecule has 1 fully saturated rings. The molecular formula is C12H26N2O3S. The molecule has 1 aliphatic rings. The summed E-state index contributed by atoms with van der Waals surface area (Å²) >= 11 is 0. The molecule has 5 nitrogen and oxygen atoms in total. The standard InChI is InChI=1S/C12H26N2O3S/c1-2-3-8-17-9-7-14-18(15,16)11-12-5-4-6-13-10-12/h12-14H,2-11H2,1H3. The molecule has 1 rings (SSSR count). The second kappa shape index (κ2) is 8.85. The van der Waals surface area contributed by atoms with Gasteiger partial charge in [-0.05, 0) is 38.3 Å². The molecule has 1 atom stereocenters. The molecule has 108 valence electrons. The third-order valence-corrected chi connectivity index (χ3v) is 4.62. The molecule has 0 radical (unpaired) electrons. The third kappa shape index (κ3) is 7.31. The van der Waals surface area contributed by atoms with Gasteiger partial charge in [-0.15, -0.1) is 0 Å². The molecule has 1 heterocycles. The quantitative estimate of drug-likeness (QED) is 0.610. The number of hydrogen-bond acceptors (Lipinski definition) is 4. The monoisotopic (exact) mass is 278 g/mol. The minimum atomic E-state index is -3.14. The first-order valence-electron chi connectivity index (χ1n) is 6.90. The SMILES string of the molecule is CCCCOCCNS(=O)(=O)CC1CCCNC1. The summed E-state index contributed by atoms with van der Waals surface area (Å²) in [6, 6.07) is 0. The van der Waals surface area contributed by atoms with Crippen molar-refractivity contribution in [2.24, 2.45) is 5.92 Å². The van der Waals surface area contributed by atoms with Crippen LogP contribution in [0.5, 0.6) is 0 Å². The summed E-state index contributed by atoms with van der Waals surface area (Å²) in [5.41, 5.74) is 0. The van der Waals surface area contributed by atoms with Crippen LogP contribution in [0.15, 0.2) is 0 Å². The molecule has 0 bridgehead atoms. The van der Waals surface area contributed by atoms with Crippen molar-refractivity contribution in [3.8, 4) is 0 Å². The van der Waals surface area contributed by atoms with E-state index in [4.69, 9.17) is 4.74 Å². The third-order valence-electron chi connectivity index (χ3n) is 3.06. The Kier molecular flexibility index (Phi) is 7.81. The number of rotatable bonds is 9. The Balaban J connectivity index is 2.11. The first kappa shape index (κ1) is 15.9. The van der Waals surface area contributed by atoms with Crippen molar-refractivity contribution in [1.29, 1.82) is 0 Å². The first-order valence-corrected chi connectivity index (χ1v) is 8.55. The van der Waals surface area contributed by atoms with Crippen molar-refractivity contribution in [2.45, 2.75) is 32.6 Å². The summed E-state index contributed by atoms with van der Waals surface area (Å²) in [6.45, 7) is 5.48. The van der Waals surface area contributed by atoms with Crippen molar-refractivity contribution in [2.75, 3.05) is 38.6 Å². The molecule has 0 aliphatic carbocycles. The zero-order valence-electron chi connectivity index (χ0n) is 11.3. The van der Waals surface area contributed by atoms with E-state index in [9.17, 15) is 8.42 Å². The molecule has 0 spiro atoms. The molecule has 0 aromatic rings. The lowest BCUT2D eigenvalue weighted by molar-refractivity contribution is 0.136. The highest BCUT2D eigenvalue weighted by atomic mass is 32.2. The second-order valence-corrected chi connectivity index (χ2v) is 6.71. The summed E-state index contributed by atoms with van der Waals surface area (Å²) in [5.74, 6) is 0.479. The van der Waals surface area contributed by atoms with E-state index in [0.29, 0.717) is 19.8 Å². The molecule has 0 aromatic carbocycles. The maximum absolute atomic E-state index is 11.8. The van der Waals surface area contributed by atoms with Gasteiger partial charge in [0, 0.05) is 13.2 Å². The van der Waals surface area contributed by atoms with Crippen LogP contribution in [0, 0.1) is 5.92 Å². The van der Waals surface area contributed by atoms with Crippen molar-refractivity contribution in [1.82, 2.24) is 10.0 Å². The van der Waals surface area contributed by atoms with Crippen LogP contribution >= 0.6 is 0 Å². The topological polar surface area (TPSA) is 67.4 Å². The molecule has 18 heavy (non-hydrogen) atoms. The molecule has 0 saturated carbocycles. The fraction of sp³-hybridized carbons (Fsp3) is 1.00. The number of nitrogens with one attached hydrogen (secondary N) is 2. The Hall–Kier alpha value is -0.170. The maximum Gasteiger partial charge on any atom is 0.211 e. The van der Waals surface area contributed by atoms with Crippen molar-refractivity contribution in [3.05, 3.63) is 0 Å². The van der Waals surface area contributed by atoms with Gasteiger partial charge in [-0.25, -0.2) is 13.1 Å². The smallest absolute Gasteiger partial charge is 0.211 e. The van der Waals surface area contributed by atoms with E-state index in [1.807, 2.05) is 0 Å². The zero-order chi connectivity index (χ0) is 13.3. The van der Waals surface area contributed by atoms with Gasteiger partial charge in [-0.1, -0.05) is 13.3 Å². The van der Waals surface area contributed by atoms with Crippen molar-refractivity contribution >= 4 is 10.0 Å². The highest BCUT2D eigenvalue weighted by molar-refractivity contribution is 7.89. The largest absolute Gasteiger partial charge is 0.380 e. The van der Waals surface area contributed by atoms with E-state index >= 15 is 0 Å². The Morgan fingerprint density at radius 2 is 2.22 bits per heavy atom. The summed E-state index contributed by atoms with van der Waals surface area (Å²) in [7, 11) is -3.14. The minimum absolute atomic E-state index is 0.231. The van der Waals surface area contributed by atoms with E-state index < -0.39 is 10.0 Å². The molecule has 1 saturated heterocycles. The van der Waals surface area contributed by atoms with Crippen LogP contribution in [0.4, 0.5) is 0 Å². The van der Waals surface area contributed by atoms with Gasteiger partial charge in [0.05, 0.1) is 12.4 Å². The van der Waals surface area contributed by atoms with E-state index in [1.54, 1.807) is 0 Å². The average Bonchev–Trinajstić information content (AvgIpc) is 2.34. The Morgan fingerprint density at radius 1 is 1.39 bits per heavy atom. The van der Waals surface area contributed by atoms with Gasteiger partial charge in [0.1, 0.15) is 0 Å². The number of ether oxygens (including phenoxy) is 1. The van der Waals surface area contributed by atoms with Gasteiger partial charge in [0.25, 0.3) is 0 Å². The summed E-state index contributed by atoms with van der Waals surface area (Å²) in [5, 5.41) is 3.23. The van der Waals surface area contributed by atoms with Crippen LogP contribution in [-0.4, -0.2) is 47.0 Å². The lowest BCUT2D eigenvalue weighted by Gasteiger charge is -2.22. The summed E-state index contributed by atoms with van der Waals surface area (Å²) in [6.07, 6.45) is 4.20. The highest BCUT2D eigenvalue weighted by Gasteiger charge is 2.20. The van der Waals surface area contributed by atoms with Gasteiger partial charge < -0.3 is 10.1 Å². The Labute approximate surface area is 111 Å². The number of hydrogen-bond donors (Lipinski definition) is 2. The average molecular weight is 278 g/mol. The van der Waals surface area contributed by atoms with Gasteiger partial charge in [-0.3, -0.25) is 0 Å². The molecule has 0 aromatic heterocycles. The van der Waals surface area contributed by atoms with Gasteiger partial charge in [-0.2, -0.15) is 0 Å². The van der Waals surface area contributed by atoms with Crippen LogP contribution in [0.2, 0.25) is 0 Å². The van der Waals surface area contributed by atoms with Crippen LogP contribution in [0.1, 0.15) is 32.6 Å². The molecule has 0 amide bonds. The van der Waals surface area contributed by atoms with E-state index in [2.05, 4.69) is 17.0 Å². The number of sulfonamides is 1. The number of piperidine rings is 1. The second-order valence-electron chi connectivity index (χ2n) is 4.85. The molecule has 1 aliphatic heterocycles. The summed E-state index contributed by atoms with van der Waals surface area (Å²) in [4.78, 5) is 0. The zero-order valence-corrected chi connectivity index (χ0v) is 12.1. The summed E-state index contributed by atoms with van der Waals surface area (Å²) < 4.78 is 31.5. The molecular weight excluding hydrogens is 252 g/mol. The van der Waals surface area contributed by atoms with Crippen LogP contribution in [0.3, 0.4) is 0 Å². The fourth-order valence-electron chi connectivity index (χ4n) is 2.05. The van der Waals surface area contributed by atoms with Crippen LogP contribution in [0.25, 0.3) is 0 Å². The maximum atomic E-state index is 11.8. The van der Waals surface area contributed by atoms with Gasteiger partial charge in [0.2, 0.25) is 10.0 Å². The molecule has 1 unspecified atom stereocenters. The van der Waals surface area contributed by atoms with E-state index in [-0.39, 0.29) is 11.7 Å². The van der Waals surface area contributed by atoms with Crippen molar-refractivity contribution < 1.29 is 13.2 Å². The molecule has 2 N–H and O–H groups in total. The predicted molar refractivity (Wildman–Crippen MR) is 73.1 cm³/mol. The van der Waals surface area contributed by atoms with Crippen molar-refractivity contribution in [3.63, 3.8) is 0 Å². The van der Waals surface area contributed by atoms with E-state index in [0.717, 1.165) is 38.8 Å². The normalized spacial score (nSPS) is 21.1. The first-order chi connectivity index (χ1) is 8.64. The van der Waals surface area contributed by atoms with Crippen LogP contribution in [-0.2, 0) is 14.8 Å². The minimum Gasteiger partial charge on any atom is -0.380 e. The van der Waals surface area contributed by atoms with Crippen LogP contribution < -0.4 is 10.0 Å². The lowest BCUT2D eigenvalue weighted by atomic mass is 10.0. The predicted octanol–water partition coefficient (Wildman–Crippen LogP) is 0.722. The molecule has 6 heteroatoms. The Bertz CT molecular complexity index is 300. The lowest BCUT2D eigenvalue weighted by Crippen LogP contribution is -2.38. The number of unbranched alkanes of at least 4 members (excludes halogenated alkanes) is 1. The van der Waals surface area contributed by atoms with Gasteiger partial charge >= 0.3 is 0 Å². The van der Waals surface area contributed by atoms with Gasteiger partial charge in [0.15, 0.2) is 0 Å². The fourth-order valence-corrected chi connectivity index (χ4v) is 3.47. The van der Waals surface area contributed by atoms with E-state index in [1.165, 1.54) is 0 Å². The Morgan fingerprint density at radius 3 is 2.89 bits per heavy atom.